The molecular formula is C18H19ClF3N5O. The molecule has 0 N–H and O–H groups in total. The molecule has 0 radical (unpaired) electrons. The average Bonchev–Trinajstić information content (AvgIpc) is 3.05. The summed E-state index contributed by atoms with van der Waals surface area (Å²) in [5.74, 6) is -1.10. The molecule has 0 unspecified atom stereocenters. The van der Waals surface area contributed by atoms with Gasteiger partial charge in [-0.05, 0) is 54.3 Å². The zero-order valence-corrected chi connectivity index (χ0v) is 15.9. The van der Waals surface area contributed by atoms with Gasteiger partial charge in [-0.1, -0.05) is 17.7 Å². The van der Waals surface area contributed by atoms with Gasteiger partial charge >= 0.3 is 6.18 Å². The van der Waals surface area contributed by atoms with Crippen LogP contribution in [0.25, 0.3) is 6.08 Å². The van der Waals surface area contributed by atoms with Crippen molar-refractivity contribution in [3.05, 3.63) is 46.2 Å². The molecule has 3 rings (SSSR count). The highest BCUT2D eigenvalue weighted by atomic mass is 35.5. The Morgan fingerprint density at radius 3 is 2.64 bits per heavy atom. The van der Waals surface area contributed by atoms with Crippen molar-refractivity contribution in [2.45, 2.75) is 32.5 Å². The van der Waals surface area contributed by atoms with Gasteiger partial charge in [0.1, 0.15) is 0 Å². The van der Waals surface area contributed by atoms with E-state index in [-0.39, 0.29) is 31.8 Å². The Morgan fingerprint density at radius 1 is 1.32 bits per heavy atom. The molecule has 0 aliphatic carbocycles. The van der Waals surface area contributed by atoms with E-state index in [0.717, 1.165) is 11.1 Å². The van der Waals surface area contributed by atoms with Crippen LogP contribution in [0.1, 0.15) is 29.8 Å². The number of carbonyl (C=O) groups excluding carboxylic acids is 1. The Labute approximate surface area is 165 Å². The first kappa shape index (κ1) is 20.3. The maximum atomic E-state index is 12.8. The Kier molecular flexibility index (Phi) is 6.02. The second-order valence-electron chi connectivity index (χ2n) is 6.68. The van der Waals surface area contributed by atoms with E-state index in [9.17, 15) is 18.0 Å². The lowest BCUT2D eigenvalue weighted by Crippen LogP contribution is -2.41. The SMILES string of the molecule is Cc1nnn(Cc2cc(Cl)ccc2C=CC(=O)N2CCC(C(F)(F)F)CC2)n1. The van der Waals surface area contributed by atoms with Crippen molar-refractivity contribution in [1.82, 2.24) is 25.1 Å². The molecule has 1 saturated heterocycles. The fourth-order valence-electron chi connectivity index (χ4n) is 3.11. The van der Waals surface area contributed by atoms with Gasteiger partial charge in [-0.3, -0.25) is 4.79 Å². The number of benzene rings is 1. The van der Waals surface area contributed by atoms with Crippen LogP contribution in [-0.2, 0) is 11.3 Å². The average molecular weight is 414 g/mol. The number of hydrogen-bond donors (Lipinski definition) is 0. The van der Waals surface area contributed by atoms with Crippen molar-refractivity contribution in [3.8, 4) is 0 Å². The molecule has 1 aromatic carbocycles. The third-order valence-corrected chi connectivity index (χ3v) is 4.88. The number of alkyl halides is 3. The van der Waals surface area contributed by atoms with Crippen LogP contribution in [0, 0.1) is 12.8 Å². The molecular weight excluding hydrogens is 395 g/mol. The fourth-order valence-corrected chi connectivity index (χ4v) is 3.30. The van der Waals surface area contributed by atoms with Gasteiger partial charge in [-0.15, -0.1) is 10.2 Å². The van der Waals surface area contributed by atoms with Crippen molar-refractivity contribution < 1.29 is 18.0 Å². The summed E-state index contributed by atoms with van der Waals surface area (Å²) in [5.41, 5.74) is 1.54. The Bertz CT molecular complexity index is 872. The normalized spacial score (nSPS) is 16.1. The minimum absolute atomic E-state index is 0.0629. The third kappa shape index (κ3) is 5.09. The van der Waals surface area contributed by atoms with Crippen molar-refractivity contribution in [2.75, 3.05) is 13.1 Å². The zero-order valence-electron chi connectivity index (χ0n) is 15.2. The molecule has 0 spiro atoms. The quantitative estimate of drug-likeness (QED) is 0.720. The summed E-state index contributed by atoms with van der Waals surface area (Å²) >= 11 is 6.07. The summed E-state index contributed by atoms with van der Waals surface area (Å²) in [7, 11) is 0. The molecule has 1 fully saturated rings. The summed E-state index contributed by atoms with van der Waals surface area (Å²) in [6.45, 7) is 2.25. The number of halogens is 4. The molecule has 1 aliphatic rings. The van der Waals surface area contributed by atoms with Gasteiger partial charge in [-0.25, -0.2) is 0 Å². The fraction of sp³-hybridized carbons (Fsp3) is 0.444. The van der Waals surface area contributed by atoms with Gasteiger partial charge in [0.2, 0.25) is 5.91 Å². The lowest BCUT2D eigenvalue weighted by Gasteiger charge is -2.32. The Morgan fingerprint density at radius 2 is 2.04 bits per heavy atom. The van der Waals surface area contributed by atoms with Crippen LogP contribution in [0.5, 0.6) is 0 Å². The molecule has 1 aromatic heterocycles. The number of nitrogens with zero attached hydrogens (tertiary/aromatic N) is 5. The minimum Gasteiger partial charge on any atom is -0.339 e. The molecule has 2 aromatic rings. The minimum atomic E-state index is -4.20. The van der Waals surface area contributed by atoms with Crippen molar-refractivity contribution >= 4 is 23.6 Å². The highest BCUT2D eigenvalue weighted by Crippen LogP contribution is 2.34. The van der Waals surface area contributed by atoms with Gasteiger partial charge in [0.25, 0.3) is 0 Å². The summed E-state index contributed by atoms with van der Waals surface area (Å²) in [5, 5.41) is 12.4. The molecule has 1 aliphatic heterocycles. The summed E-state index contributed by atoms with van der Waals surface area (Å²) in [6, 6.07) is 5.21. The smallest absolute Gasteiger partial charge is 0.339 e. The lowest BCUT2D eigenvalue weighted by atomic mass is 9.96. The number of hydrogen-bond acceptors (Lipinski definition) is 4. The van der Waals surface area contributed by atoms with Crippen LogP contribution in [0.3, 0.4) is 0 Å². The molecule has 28 heavy (non-hydrogen) atoms. The van der Waals surface area contributed by atoms with Crippen LogP contribution in [0.2, 0.25) is 5.02 Å². The number of piperidine rings is 1. The van der Waals surface area contributed by atoms with E-state index in [2.05, 4.69) is 15.4 Å². The first-order valence-corrected chi connectivity index (χ1v) is 9.16. The number of rotatable bonds is 4. The van der Waals surface area contributed by atoms with Crippen LogP contribution < -0.4 is 0 Å². The maximum absolute atomic E-state index is 12.8. The van der Waals surface area contributed by atoms with E-state index in [1.54, 1.807) is 31.2 Å². The summed E-state index contributed by atoms with van der Waals surface area (Å²) < 4.78 is 38.3. The molecule has 6 nitrogen and oxygen atoms in total. The monoisotopic (exact) mass is 413 g/mol. The second-order valence-corrected chi connectivity index (χ2v) is 7.12. The largest absolute Gasteiger partial charge is 0.391 e. The van der Waals surface area contributed by atoms with E-state index in [0.29, 0.717) is 17.4 Å². The Balaban J connectivity index is 1.68. The van der Waals surface area contributed by atoms with Gasteiger partial charge in [0, 0.05) is 24.2 Å². The van der Waals surface area contributed by atoms with Gasteiger partial charge < -0.3 is 4.90 Å². The molecule has 0 atom stereocenters. The number of likely N-dealkylation sites (tertiary alicyclic amines) is 1. The first-order chi connectivity index (χ1) is 13.2. The number of aryl methyl sites for hydroxylation is 1. The first-order valence-electron chi connectivity index (χ1n) is 8.79. The van der Waals surface area contributed by atoms with Gasteiger partial charge in [0.15, 0.2) is 5.82 Å². The van der Waals surface area contributed by atoms with Crippen molar-refractivity contribution in [2.24, 2.45) is 5.92 Å². The predicted octanol–water partition coefficient (Wildman–Crippen LogP) is 3.50. The predicted molar refractivity (Wildman–Crippen MR) is 97.5 cm³/mol. The van der Waals surface area contributed by atoms with Crippen LogP contribution in [0.4, 0.5) is 13.2 Å². The topological polar surface area (TPSA) is 63.9 Å². The zero-order chi connectivity index (χ0) is 20.3. The van der Waals surface area contributed by atoms with E-state index < -0.39 is 12.1 Å². The van der Waals surface area contributed by atoms with E-state index >= 15 is 0 Å². The van der Waals surface area contributed by atoms with Crippen molar-refractivity contribution in [1.29, 1.82) is 0 Å². The number of aromatic nitrogens is 4. The molecule has 0 bridgehead atoms. The molecule has 2 heterocycles. The van der Waals surface area contributed by atoms with E-state index in [1.165, 1.54) is 15.8 Å². The molecule has 0 saturated carbocycles. The highest BCUT2D eigenvalue weighted by molar-refractivity contribution is 6.30. The second kappa shape index (κ2) is 8.30. The van der Waals surface area contributed by atoms with Gasteiger partial charge in [-0.2, -0.15) is 18.0 Å². The summed E-state index contributed by atoms with van der Waals surface area (Å²) in [6.07, 6.45) is -1.32. The third-order valence-electron chi connectivity index (χ3n) is 4.64. The number of amides is 1. The Hall–Kier alpha value is -2.42. The van der Waals surface area contributed by atoms with Crippen LogP contribution in [-0.4, -0.2) is 50.3 Å². The van der Waals surface area contributed by atoms with E-state index in [4.69, 9.17) is 11.6 Å². The van der Waals surface area contributed by atoms with Gasteiger partial charge in [0.05, 0.1) is 12.5 Å². The van der Waals surface area contributed by atoms with E-state index in [1.807, 2.05) is 0 Å². The van der Waals surface area contributed by atoms with Crippen LogP contribution >= 0.6 is 11.6 Å². The van der Waals surface area contributed by atoms with Crippen molar-refractivity contribution in [3.63, 3.8) is 0 Å². The van der Waals surface area contributed by atoms with Crippen LogP contribution in [0.15, 0.2) is 24.3 Å². The highest BCUT2D eigenvalue weighted by Gasteiger charge is 2.41. The maximum Gasteiger partial charge on any atom is 0.391 e. The standard InChI is InChI=1S/C18H19ClF3N5O/c1-12-23-25-27(24-12)11-14-10-16(19)4-2-13(14)3-5-17(28)26-8-6-15(7-9-26)18(20,21)22/h2-5,10,15H,6-9,11H2,1H3. The number of tetrazole rings is 1. The lowest BCUT2D eigenvalue weighted by molar-refractivity contribution is -0.186. The number of carbonyl (C=O) groups is 1. The molecule has 150 valence electrons. The summed E-state index contributed by atoms with van der Waals surface area (Å²) in [4.78, 5) is 15.2. The molecule has 10 heteroatoms. The molecule has 1 amide bonds.